The molecule has 1 fully saturated rings. The number of carbonyl (C=O) groups is 1. The summed E-state index contributed by atoms with van der Waals surface area (Å²) in [5.41, 5.74) is 0. The van der Waals surface area contributed by atoms with Crippen molar-refractivity contribution in [2.75, 3.05) is 24.7 Å². The molecule has 0 aromatic carbocycles. The molecule has 0 saturated heterocycles. The largest absolute Gasteiger partial charge is 0.395 e. The van der Waals surface area contributed by atoms with E-state index in [1.165, 1.54) is 38.5 Å². The van der Waals surface area contributed by atoms with E-state index in [1.54, 1.807) is 0 Å². The highest BCUT2D eigenvalue weighted by Crippen LogP contribution is 2.26. The zero-order valence-corrected chi connectivity index (χ0v) is 11.8. The van der Waals surface area contributed by atoms with E-state index >= 15 is 0 Å². The first-order chi connectivity index (χ1) is 8.72. The molecule has 1 saturated carbocycles. The Morgan fingerprint density at radius 1 is 1.28 bits per heavy atom. The maximum atomic E-state index is 11.4. The topological polar surface area (TPSA) is 66.4 Å². The molecule has 1 amide bonds. The van der Waals surface area contributed by atoms with Gasteiger partial charge in [-0.1, -0.05) is 32.1 Å². The predicted octanol–water partition coefficient (Wildman–Crippen LogP) is 1.20. The van der Waals surface area contributed by atoms with E-state index in [9.17, 15) is 9.00 Å². The number of amides is 1. The Balaban J connectivity index is 1.99. The van der Waals surface area contributed by atoms with Gasteiger partial charge in [0.2, 0.25) is 5.91 Å². The maximum Gasteiger partial charge on any atom is 0.232 e. The van der Waals surface area contributed by atoms with Crippen LogP contribution in [0, 0.1) is 5.92 Å². The summed E-state index contributed by atoms with van der Waals surface area (Å²) in [6, 6.07) is 0. The zero-order chi connectivity index (χ0) is 13.2. The minimum atomic E-state index is -1.22. The van der Waals surface area contributed by atoms with Crippen molar-refractivity contribution >= 4 is 16.7 Å². The van der Waals surface area contributed by atoms with Crippen LogP contribution in [-0.2, 0) is 15.6 Å². The minimum absolute atomic E-state index is 0.0178. The SMILES string of the molecule is O=C(CS(=O)CCO)NCCCC1CCCCC1. The third-order valence-electron chi connectivity index (χ3n) is 3.45. The van der Waals surface area contributed by atoms with Crippen molar-refractivity contribution in [3.8, 4) is 0 Å². The average molecular weight is 275 g/mol. The number of hydrogen-bond acceptors (Lipinski definition) is 3. The van der Waals surface area contributed by atoms with Crippen LogP contribution in [0.15, 0.2) is 0 Å². The highest BCUT2D eigenvalue weighted by atomic mass is 32.2. The summed E-state index contributed by atoms with van der Waals surface area (Å²) in [4.78, 5) is 11.4. The third-order valence-corrected chi connectivity index (χ3v) is 4.67. The van der Waals surface area contributed by atoms with Crippen molar-refractivity contribution in [1.82, 2.24) is 5.32 Å². The lowest BCUT2D eigenvalue weighted by molar-refractivity contribution is -0.118. The standard InChI is InChI=1S/C13H25NO3S/c15-9-10-18(17)11-13(16)14-8-4-7-12-5-2-1-3-6-12/h12,15H,1-11H2,(H,14,16). The second kappa shape index (κ2) is 9.50. The molecule has 0 spiro atoms. The smallest absolute Gasteiger partial charge is 0.232 e. The second-order valence-corrected chi connectivity index (χ2v) is 6.58. The van der Waals surface area contributed by atoms with Crippen molar-refractivity contribution in [2.24, 2.45) is 5.92 Å². The molecular weight excluding hydrogens is 250 g/mol. The van der Waals surface area contributed by atoms with Crippen LogP contribution >= 0.6 is 0 Å². The molecule has 106 valence electrons. The predicted molar refractivity (Wildman–Crippen MR) is 73.8 cm³/mol. The Kier molecular flexibility index (Phi) is 8.25. The molecule has 4 nitrogen and oxygen atoms in total. The van der Waals surface area contributed by atoms with Gasteiger partial charge in [0.1, 0.15) is 5.75 Å². The van der Waals surface area contributed by atoms with E-state index in [0.717, 1.165) is 12.3 Å². The summed E-state index contributed by atoms with van der Waals surface area (Å²) >= 11 is 0. The number of aliphatic hydroxyl groups is 1. The van der Waals surface area contributed by atoms with Crippen molar-refractivity contribution < 1.29 is 14.1 Å². The van der Waals surface area contributed by atoms with Crippen molar-refractivity contribution in [3.63, 3.8) is 0 Å². The summed E-state index contributed by atoms with van der Waals surface area (Å²) in [6.45, 7) is 0.563. The average Bonchev–Trinajstić information content (AvgIpc) is 2.36. The molecular formula is C13H25NO3S. The summed E-state index contributed by atoms with van der Waals surface area (Å²) in [5.74, 6) is 0.893. The summed E-state index contributed by atoms with van der Waals surface area (Å²) in [5, 5.41) is 11.4. The van der Waals surface area contributed by atoms with Crippen LogP contribution in [-0.4, -0.2) is 39.9 Å². The van der Waals surface area contributed by atoms with E-state index < -0.39 is 10.8 Å². The van der Waals surface area contributed by atoms with Crippen molar-refractivity contribution in [1.29, 1.82) is 0 Å². The van der Waals surface area contributed by atoms with Crippen LogP contribution in [0.2, 0.25) is 0 Å². The quantitative estimate of drug-likeness (QED) is 0.654. The van der Waals surface area contributed by atoms with E-state index in [-0.39, 0.29) is 24.0 Å². The molecule has 0 aromatic heterocycles. The fraction of sp³-hybridized carbons (Fsp3) is 0.923. The Morgan fingerprint density at radius 2 is 2.00 bits per heavy atom. The van der Waals surface area contributed by atoms with Gasteiger partial charge in [-0.3, -0.25) is 9.00 Å². The summed E-state index contributed by atoms with van der Waals surface area (Å²) < 4.78 is 11.2. The fourth-order valence-corrected chi connectivity index (χ4v) is 3.21. The molecule has 5 heteroatoms. The highest BCUT2D eigenvalue weighted by Gasteiger charge is 2.13. The number of rotatable bonds is 8. The van der Waals surface area contributed by atoms with Gasteiger partial charge in [-0.15, -0.1) is 0 Å². The van der Waals surface area contributed by atoms with Gasteiger partial charge in [0, 0.05) is 23.1 Å². The highest BCUT2D eigenvalue weighted by molar-refractivity contribution is 7.85. The van der Waals surface area contributed by atoms with Crippen LogP contribution in [0.3, 0.4) is 0 Å². The van der Waals surface area contributed by atoms with Gasteiger partial charge < -0.3 is 10.4 Å². The van der Waals surface area contributed by atoms with Gasteiger partial charge >= 0.3 is 0 Å². The summed E-state index contributed by atoms with van der Waals surface area (Å²) in [6.07, 6.45) is 8.99. The number of nitrogens with one attached hydrogen (secondary N) is 1. The van der Waals surface area contributed by atoms with Gasteiger partial charge in [-0.05, 0) is 18.8 Å². The van der Waals surface area contributed by atoms with E-state index in [2.05, 4.69) is 5.32 Å². The molecule has 1 aliphatic rings. The van der Waals surface area contributed by atoms with Gasteiger partial charge in [-0.2, -0.15) is 0 Å². The molecule has 0 heterocycles. The normalized spacial score (nSPS) is 18.5. The number of aliphatic hydroxyl groups excluding tert-OH is 1. The molecule has 0 radical (unpaired) electrons. The van der Waals surface area contributed by atoms with Crippen LogP contribution < -0.4 is 5.32 Å². The Labute approximate surface area is 112 Å². The van der Waals surface area contributed by atoms with Gasteiger partial charge in [0.25, 0.3) is 0 Å². The Morgan fingerprint density at radius 3 is 2.67 bits per heavy atom. The second-order valence-electron chi connectivity index (χ2n) is 5.01. The number of hydrogen-bond donors (Lipinski definition) is 2. The first-order valence-electron chi connectivity index (χ1n) is 6.95. The van der Waals surface area contributed by atoms with Gasteiger partial charge in [0.05, 0.1) is 6.61 Å². The monoisotopic (exact) mass is 275 g/mol. The van der Waals surface area contributed by atoms with Crippen molar-refractivity contribution in [2.45, 2.75) is 44.9 Å². The lowest BCUT2D eigenvalue weighted by atomic mass is 9.86. The third kappa shape index (κ3) is 7.11. The van der Waals surface area contributed by atoms with Gasteiger partial charge in [0.15, 0.2) is 0 Å². The minimum Gasteiger partial charge on any atom is -0.395 e. The lowest BCUT2D eigenvalue weighted by Crippen LogP contribution is -2.30. The summed E-state index contributed by atoms with van der Waals surface area (Å²) in [7, 11) is -1.22. The van der Waals surface area contributed by atoms with Gasteiger partial charge in [-0.25, -0.2) is 0 Å². The van der Waals surface area contributed by atoms with Crippen LogP contribution in [0.1, 0.15) is 44.9 Å². The van der Waals surface area contributed by atoms with E-state index in [1.807, 2.05) is 0 Å². The first kappa shape index (κ1) is 15.6. The zero-order valence-electron chi connectivity index (χ0n) is 11.0. The van der Waals surface area contributed by atoms with E-state index in [4.69, 9.17) is 5.11 Å². The Bertz CT molecular complexity index is 265. The molecule has 1 rings (SSSR count). The molecule has 18 heavy (non-hydrogen) atoms. The molecule has 0 aliphatic heterocycles. The lowest BCUT2D eigenvalue weighted by Gasteiger charge is -2.21. The molecule has 2 N–H and O–H groups in total. The first-order valence-corrected chi connectivity index (χ1v) is 8.43. The van der Waals surface area contributed by atoms with Crippen LogP contribution in [0.5, 0.6) is 0 Å². The van der Waals surface area contributed by atoms with Crippen LogP contribution in [0.4, 0.5) is 0 Å². The fourth-order valence-electron chi connectivity index (χ4n) is 2.47. The molecule has 0 aromatic rings. The van der Waals surface area contributed by atoms with Crippen LogP contribution in [0.25, 0.3) is 0 Å². The Hall–Kier alpha value is -0.420. The molecule has 1 atom stereocenters. The molecule has 1 aliphatic carbocycles. The molecule has 1 unspecified atom stereocenters. The van der Waals surface area contributed by atoms with E-state index in [0.29, 0.717) is 6.54 Å². The van der Waals surface area contributed by atoms with Crippen molar-refractivity contribution in [3.05, 3.63) is 0 Å². The molecule has 0 bridgehead atoms. The number of carbonyl (C=O) groups excluding carboxylic acids is 1. The maximum absolute atomic E-state index is 11.4.